The number of nitrogens with one attached hydrogen (secondary N) is 1. The number of hydrogen-bond donors (Lipinski definition) is 2. The third-order valence-electron chi connectivity index (χ3n) is 3.16. The topological polar surface area (TPSA) is 32.3 Å². The first-order chi connectivity index (χ1) is 9.18. The Hall–Kier alpha value is -1.71. The van der Waals surface area contributed by atoms with E-state index in [1.165, 1.54) is 6.07 Å². The molecule has 2 aromatic rings. The lowest BCUT2D eigenvalue weighted by atomic mass is 10.0. The molecule has 0 aromatic heterocycles. The average molecular weight is 259 g/mol. The van der Waals surface area contributed by atoms with Crippen LogP contribution < -0.4 is 5.32 Å². The van der Waals surface area contributed by atoms with E-state index in [0.29, 0.717) is 18.7 Å². The molecule has 0 bridgehead atoms. The minimum absolute atomic E-state index is 0.222. The van der Waals surface area contributed by atoms with Gasteiger partial charge >= 0.3 is 0 Å². The van der Waals surface area contributed by atoms with E-state index < -0.39 is 6.10 Å². The van der Waals surface area contributed by atoms with Crippen LogP contribution in [0.4, 0.5) is 4.39 Å². The van der Waals surface area contributed by atoms with Crippen molar-refractivity contribution in [3.63, 3.8) is 0 Å². The van der Waals surface area contributed by atoms with Crippen LogP contribution in [0.2, 0.25) is 0 Å². The Balaban J connectivity index is 1.90. The zero-order chi connectivity index (χ0) is 13.7. The third-order valence-corrected chi connectivity index (χ3v) is 3.16. The van der Waals surface area contributed by atoms with Gasteiger partial charge in [-0.25, -0.2) is 4.39 Å². The molecule has 0 spiro atoms. The summed E-state index contributed by atoms with van der Waals surface area (Å²) in [5.41, 5.74) is 2.57. The first-order valence-corrected chi connectivity index (χ1v) is 6.36. The van der Waals surface area contributed by atoms with Crippen molar-refractivity contribution in [2.24, 2.45) is 0 Å². The summed E-state index contributed by atoms with van der Waals surface area (Å²) in [4.78, 5) is 0. The fourth-order valence-corrected chi connectivity index (χ4v) is 2.06. The van der Waals surface area contributed by atoms with Gasteiger partial charge in [-0.05, 0) is 24.1 Å². The summed E-state index contributed by atoms with van der Waals surface area (Å²) in [6, 6.07) is 14.4. The van der Waals surface area contributed by atoms with Gasteiger partial charge < -0.3 is 10.4 Å². The third kappa shape index (κ3) is 3.63. The van der Waals surface area contributed by atoms with E-state index in [1.54, 1.807) is 18.2 Å². The summed E-state index contributed by atoms with van der Waals surface area (Å²) in [6.07, 6.45) is -0.576. The Bertz CT molecular complexity index is 542. The first kappa shape index (κ1) is 13.7. The van der Waals surface area contributed by atoms with Crippen molar-refractivity contribution in [2.45, 2.75) is 19.6 Å². The zero-order valence-electron chi connectivity index (χ0n) is 10.9. The summed E-state index contributed by atoms with van der Waals surface area (Å²) in [5, 5.41) is 13.2. The molecule has 0 aliphatic rings. The Kier molecular flexibility index (Phi) is 4.66. The molecule has 1 atom stereocenters. The van der Waals surface area contributed by atoms with E-state index in [2.05, 4.69) is 5.32 Å². The molecular weight excluding hydrogens is 241 g/mol. The van der Waals surface area contributed by atoms with E-state index >= 15 is 0 Å². The van der Waals surface area contributed by atoms with Gasteiger partial charge in [0.05, 0.1) is 6.10 Å². The van der Waals surface area contributed by atoms with E-state index in [1.807, 2.05) is 31.2 Å². The maximum absolute atomic E-state index is 13.4. The molecule has 3 heteroatoms. The van der Waals surface area contributed by atoms with Gasteiger partial charge in [0.1, 0.15) is 5.82 Å². The van der Waals surface area contributed by atoms with Crippen molar-refractivity contribution < 1.29 is 9.50 Å². The molecule has 2 rings (SSSR count). The van der Waals surface area contributed by atoms with Crippen molar-refractivity contribution in [2.75, 3.05) is 6.54 Å². The van der Waals surface area contributed by atoms with Crippen molar-refractivity contribution in [3.8, 4) is 0 Å². The highest BCUT2D eigenvalue weighted by Gasteiger charge is 2.09. The Labute approximate surface area is 112 Å². The van der Waals surface area contributed by atoms with Crippen LogP contribution in [0.15, 0.2) is 48.5 Å². The molecule has 0 saturated heterocycles. The van der Waals surface area contributed by atoms with Crippen LogP contribution in [0, 0.1) is 12.7 Å². The fraction of sp³-hybridized carbons (Fsp3) is 0.250. The first-order valence-electron chi connectivity index (χ1n) is 6.36. The molecule has 2 N–H and O–H groups in total. The molecule has 0 saturated carbocycles. The Morgan fingerprint density at radius 3 is 2.53 bits per heavy atom. The summed E-state index contributed by atoms with van der Waals surface area (Å²) >= 11 is 0. The predicted octanol–water partition coefficient (Wildman–Crippen LogP) is 2.96. The number of aliphatic hydroxyl groups excluding tert-OH is 1. The molecule has 2 aromatic carbocycles. The number of aliphatic hydroxyl groups is 1. The van der Waals surface area contributed by atoms with Crippen molar-refractivity contribution in [1.82, 2.24) is 5.32 Å². The van der Waals surface area contributed by atoms with Crippen LogP contribution in [0.25, 0.3) is 0 Å². The van der Waals surface area contributed by atoms with E-state index in [4.69, 9.17) is 0 Å². The lowest BCUT2D eigenvalue weighted by Crippen LogP contribution is -2.22. The van der Waals surface area contributed by atoms with E-state index in [0.717, 1.165) is 11.1 Å². The van der Waals surface area contributed by atoms with Crippen molar-refractivity contribution >= 4 is 0 Å². The van der Waals surface area contributed by atoms with Crippen LogP contribution >= 0.6 is 0 Å². The van der Waals surface area contributed by atoms with Crippen LogP contribution in [-0.4, -0.2) is 11.7 Å². The van der Waals surface area contributed by atoms with Crippen molar-refractivity contribution in [1.29, 1.82) is 0 Å². The second-order valence-electron chi connectivity index (χ2n) is 4.59. The number of halogens is 1. The fourth-order valence-electron chi connectivity index (χ4n) is 2.06. The largest absolute Gasteiger partial charge is 0.387 e. The monoisotopic (exact) mass is 259 g/mol. The van der Waals surface area contributed by atoms with Gasteiger partial charge in [0.15, 0.2) is 0 Å². The molecule has 0 aliphatic carbocycles. The Morgan fingerprint density at radius 1 is 1.11 bits per heavy atom. The molecule has 0 radical (unpaired) electrons. The van der Waals surface area contributed by atoms with Gasteiger partial charge in [-0.3, -0.25) is 0 Å². The lowest BCUT2D eigenvalue weighted by molar-refractivity contribution is 0.173. The minimum Gasteiger partial charge on any atom is -0.387 e. The van der Waals surface area contributed by atoms with Gasteiger partial charge in [0.25, 0.3) is 0 Å². The maximum Gasteiger partial charge on any atom is 0.127 e. The standard InChI is InChI=1S/C16H18FNO/c1-12-6-2-4-8-14(12)16(19)11-18-10-13-7-3-5-9-15(13)17/h2-9,16,18-19H,10-11H2,1H3. The predicted molar refractivity (Wildman–Crippen MR) is 74.2 cm³/mol. The SMILES string of the molecule is Cc1ccccc1C(O)CNCc1ccccc1F. The molecule has 0 amide bonds. The molecule has 1 unspecified atom stereocenters. The van der Waals surface area contributed by atoms with Gasteiger partial charge in [-0.2, -0.15) is 0 Å². The lowest BCUT2D eigenvalue weighted by Gasteiger charge is -2.14. The highest BCUT2D eigenvalue weighted by molar-refractivity contribution is 5.27. The highest BCUT2D eigenvalue weighted by atomic mass is 19.1. The van der Waals surface area contributed by atoms with Gasteiger partial charge in [0, 0.05) is 18.7 Å². The Morgan fingerprint density at radius 2 is 1.79 bits per heavy atom. The van der Waals surface area contributed by atoms with Crippen LogP contribution in [0.5, 0.6) is 0 Å². The van der Waals surface area contributed by atoms with Crippen molar-refractivity contribution in [3.05, 3.63) is 71.0 Å². The van der Waals surface area contributed by atoms with Crippen LogP contribution in [0.3, 0.4) is 0 Å². The number of hydrogen-bond acceptors (Lipinski definition) is 2. The smallest absolute Gasteiger partial charge is 0.127 e. The summed E-state index contributed by atoms with van der Waals surface area (Å²) in [6.45, 7) is 2.78. The zero-order valence-corrected chi connectivity index (χ0v) is 10.9. The quantitative estimate of drug-likeness (QED) is 0.865. The average Bonchev–Trinajstić information content (AvgIpc) is 2.41. The minimum atomic E-state index is -0.576. The van der Waals surface area contributed by atoms with Crippen LogP contribution in [-0.2, 0) is 6.54 Å². The molecule has 19 heavy (non-hydrogen) atoms. The molecular formula is C16H18FNO. The number of aryl methyl sites for hydroxylation is 1. The molecule has 0 heterocycles. The molecule has 0 fully saturated rings. The molecule has 0 aliphatic heterocycles. The van der Waals surface area contributed by atoms with Gasteiger partial charge in [-0.1, -0.05) is 42.5 Å². The van der Waals surface area contributed by atoms with Gasteiger partial charge in [0.2, 0.25) is 0 Å². The normalized spacial score (nSPS) is 12.4. The number of rotatable bonds is 5. The maximum atomic E-state index is 13.4. The second kappa shape index (κ2) is 6.45. The summed E-state index contributed by atoms with van der Waals surface area (Å²) in [7, 11) is 0. The summed E-state index contributed by atoms with van der Waals surface area (Å²) < 4.78 is 13.4. The summed E-state index contributed by atoms with van der Waals surface area (Å²) in [5.74, 6) is -0.222. The van der Waals surface area contributed by atoms with E-state index in [-0.39, 0.29) is 5.82 Å². The van der Waals surface area contributed by atoms with Crippen LogP contribution in [0.1, 0.15) is 22.8 Å². The van der Waals surface area contributed by atoms with Gasteiger partial charge in [-0.15, -0.1) is 0 Å². The molecule has 2 nitrogen and oxygen atoms in total. The highest BCUT2D eigenvalue weighted by Crippen LogP contribution is 2.16. The van der Waals surface area contributed by atoms with E-state index in [9.17, 15) is 9.50 Å². The molecule has 100 valence electrons. The second-order valence-corrected chi connectivity index (χ2v) is 4.59. The number of benzene rings is 2.